The van der Waals surface area contributed by atoms with E-state index in [1.165, 1.54) is 53.1 Å². The number of esters is 1. The lowest BCUT2D eigenvalue weighted by Gasteiger charge is -2.12. The maximum Gasteiger partial charge on any atom is 0.338 e. The number of hydrogen-bond acceptors (Lipinski definition) is 7. The van der Waals surface area contributed by atoms with Crippen LogP contribution in [0.25, 0.3) is 11.7 Å². The number of benzene rings is 2. The highest BCUT2D eigenvalue weighted by molar-refractivity contribution is 6.10. The lowest BCUT2D eigenvalue weighted by atomic mass is 10.1. The number of nitrogens with zero attached hydrogens (tertiary/aromatic N) is 3. The predicted octanol–water partition coefficient (Wildman–Crippen LogP) is 4.66. The van der Waals surface area contributed by atoms with Gasteiger partial charge >= 0.3 is 5.97 Å². The van der Waals surface area contributed by atoms with Crippen molar-refractivity contribution in [2.24, 2.45) is 0 Å². The Balaban J connectivity index is 1.74. The van der Waals surface area contributed by atoms with Crippen LogP contribution in [0.5, 0.6) is 11.6 Å². The van der Waals surface area contributed by atoms with Gasteiger partial charge in [0, 0.05) is 11.9 Å². The second-order valence-corrected chi connectivity index (χ2v) is 7.97. The number of para-hydroxylation sites is 1. The largest absolute Gasteiger partial charge is 0.462 e. The Kier molecular flexibility index (Phi) is 7.58. The summed E-state index contributed by atoms with van der Waals surface area (Å²) in [6, 6.07) is 16.6. The zero-order valence-corrected chi connectivity index (χ0v) is 20.4. The van der Waals surface area contributed by atoms with Gasteiger partial charge in [-0.2, -0.15) is 10.2 Å². The van der Waals surface area contributed by atoms with E-state index < -0.39 is 28.8 Å². The summed E-state index contributed by atoms with van der Waals surface area (Å²) < 4.78 is 26.2. The molecule has 0 saturated carbocycles. The summed E-state index contributed by atoms with van der Waals surface area (Å²) in [5, 5.41) is 12.3. The van der Waals surface area contributed by atoms with Crippen LogP contribution in [0.15, 0.2) is 77.2 Å². The van der Waals surface area contributed by atoms with Crippen molar-refractivity contribution in [2.45, 2.75) is 13.8 Å². The van der Waals surface area contributed by atoms with Crippen molar-refractivity contribution in [2.75, 3.05) is 11.9 Å². The smallest absolute Gasteiger partial charge is 0.338 e. The second kappa shape index (κ2) is 11.2. The summed E-state index contributed by atoms with van der Waals surface area (Å²) in [4.78, 5) is 42.5. The van der Waals surface area contributed by atoms with Crippen LogP contribution in [0, 0.1) is 24.1 Å². The number of pyridine rings is 1. The van der Waals surface area contributed by atoms with Crippen molar-refractivity contribution < 1.29 is 23.5 Å². The number of halogens is 1. The highest BCUT2D eigenvalue weighted by Crippen LogP contribution is 2.27. The highest BCUT2D eigenvalue weighted by Gasteiger charge is 2.19. The van der Waals surface area contributed by atoms with Crippen molar-refractivity contribution >= 4 is 29.3 Å². The van der Waals surface area contributed by atoms with E-state index in [-0.39, 0.29) is 29.4 Å². The van der Waals surface area contributed by atoms with Crippen molar-refractivity contribution in [3.8, 4) is 17.7 Å². The number of carbonyl (C=O) groups is 2. The Hall–Kier alpha value is -5.30. The molecule has 38 heavy (non-hydrogen) atoms. The van der Waals surface area contributed by atoms with E-state index in [9.17, 15) is 24.0 Å². The first-order chi connectivity index (χ1) is 18.3. The first kappa shape index (κ1) is 25.8. The van der Waals surface area contributed by atoms with Crippen LogP contribution in [-0.2, 0) is 9.53 Å². The van der Waals surface area contributed by atoms with E-state index in [0.29, 0.717) is 16.8 Å². The fourth-order valence-electron chi connectivity index (χ4n) is 3.52. The third kappa shape index (κ3) is 5.42. The summed E-state index contributed by atoms with van der Waals surface area (Å²) in [6.45, 7) is 3.65. The van der Waals surface area contributed by atoms with Crippen LogP contribution in [-0.4, -0.2) is 27.9 Å². The number of aryl methyl sites for hydroxylation is 1. The van der Waals surface area contributed by atoms with Crippen LogP contribution in [0.2, 0.25) is 0 Å². The minimum absolute atomic E-state index is 0.184. The van der Waals surface area contributed by atoms with Crippen LogP contribution in [0.4, 0.5) is 10.1 Å². The fourth-order valence-corrected chi connectivity index (χ4v) is 3.52. The Bertz CT molecular complexity index is 1670. The van der Waals surface area contributed by atoms with E-state index in [4.69, 9.17) is 9.47 Å². The number of amides is 1. The molecular formula is C28H21FN4O5. The lowest BCUT2D eigenvalue weighted by Crippen LogP contribution is -2.21. The molecule has 1 N–H and O–H groups in total. The lowest BCUT2D eigenvalue weighted by molar-refractivity contribution is -0.112. The number of carbonyl (C=O) groups excluding carboxylic acids is 2. The topological polar surface area (TPSA) is 123 Å². The van der Waals surface area contributed by atoms with Gasteiger partial charge in [0.25, 0.3) is 11.5 Å². The highest BCUT2D eigenvalue weighted by atomic mass is 19.1. The number of fused-ring (bicyclic) bond motifs is 1. The maximum absolute atomic E-state index is 14.3. The van der Waals surface area contributed by atoms with Gasteiger partial charge < -0.3 is 14.8 Å². The molecule has 9 nitrogen and oxygen atoms in total. The average Bonchev–Trinajstić information content (AvgIpc) is 2.91. The summed E-state index contributed by atoms with van der Waals surface area (Å²) in [5.74, 6) is -2.46. The van der Waals surface area contributed by atoms with Gasteiger partial charge in [0.2, 0.25) is 5.88 Å². The predicted molar refractivity (Wildman–Crippen MR) is 137 cm³/mol. The normalized spacial score (nSPS) is 11.1. The molecule has 0 fully saturated rings. The quantitative estimate of drug-likeness (QED) is 0.217. The van der Waals surface area contributed by atoms with Gasteiger partial charge in [-0.3, -0.25) is 14.0 Å². The number of nitriles is 1. The third-order valence-electron chi connectivity index (χ3n) is 5.40. The van der Waals surface area contributed by atoms with Crippen molar-refractivity contribution in [3.05, 3.63) is 105 Å². The molecule has 4 aromatic rings. The van der Waals surface area contributed by atoms with Crippen molar-refractivity contribution in [3.63, 3.8) is 0 Å². The molecule has 0 bridgehead atoms. The van der Waals surface area contributed by atoms with Crippen LogP contribution in [0.3, 0.4) is 0 Å². The molecule has 0 atom stereocenters. The van der Waals surface area contributed by atoms with E-state index in [1.54, 1.807) is 38.1 Å². The zero-order valence-electron chi connectivity index (χ0n) is 20.4. The van der Waals surface area contributed by atoms with Gasteiger partial charge in [0.15, 0.2) is 11.6 Å². The molecule has 190 valence electrons. The number of nitrogens with one attached hydrogen (secondary N) is 1. The Morgan fingerprint density at radius 3 is 2.55 bits per heavy atom. The summed E-state index contributed by atoms with van der Waals surface area (Å²) in [5.41, 5.74) is 0.250. The standard InChI is InChI=1S/C28H21FN4O5/c1-3-37-28(36)18-10-12-20(13-11-18)31-25(34)19(16-30)15-21-26(38-23-9-5-4-8-22(23)29)32-24-17(2)7-6-14-33(24)27(21)35/h4-15H,3H2,1-2H3,(H,31,34)/b19-15-. The molecule has 4 rings (SSSR count). The number of hydrogen-bond donors (Lipinski definition) is 1. The van der Waals surface area contributed by atoms with Gasteiger partial charge in [0.1, 0.15) is 22.9 Å². The molecular weight excluding hydrogens is 491 g/mol. The Morgan fingerprint density at radius 1 is 1.13 bits per heavy atom. The number of rotatable bonds is 7. The molecule has 10 heteroatoms. The Morgan fingerprint density at radius 2 is 1.87 bits per heavy atom. The molecule has 2 aromatic carbocycles. The Labute approximate surface area is 216 Å². The van der Waals surface area contributed by atoms with Crippen LogP contribution >= 0.6 is 0 Å². The van der Waals surface area contributed by atoms with E-state index in [1.807, 2.05) is 0 Å². The van der Waals surface area contributed by atoms with Crippen molar-refractivity contribution in [1.82, 2.24) is 9.38 Å². The molecule has 2 aromatic heterocycles. The van der Waals surface area contributed by atoms with Gasteiger partial charge in [0.05, 0.1) is 12.2 Å². The minimum atomic E-state index is -0.818. The second-order valence-electron chi connectivity index (χ2n) is 7.97. The molecule has 0 aliphatic rings. The monoisotopic (exact) mass is 512 g/mol. The summed E-state index contributed by atoms with van der Waals surface area (Å²) in [6.07, 6.45) is 2.53. The molecule has 0 spiro atoms. The maximum atomic E-state index is 14.3. The van der Waals surface area contributed by atoms with E-state index in [2.05, 4.69) is 10.3 Å². The molecule has 0 aliphatic heterocycles. The number of ether oxygens (including phenoxy) is 2. The van der Waals surface area contributed by atoms with Gasteiger partial charge in [-0.1, -0.05) is 18.2 Å². The molecule has 0 radical (unpaired) electrons. The fraction of sp³-hybridized carbons (Fsp3) is 0.107. The number of anilines is 1. The van der Waals surface area contributed by atoms with Gasteiger partial charge in [-0.25, -0.2) is 9.18 Å². The summed E-state index contributed by atoms with van der Waals surface area (Å²) >= 11 is 0. The van der Waals surface area contributed by atoms with Crippen molar-refractivity contribution in [1.29, 1.82) is 5.26 Å². The molecule has 0 aliphatic carbocycles. The van der Waals surface area contributed by atoms with Crippen LogP contribution in [0.1, 0.15) is 28.4 Å². The summed E-state index contributed by atoms with van der Waals surface area (Å²) in [7, 11) is 0. The SMILES string of the molecule is CCOC(=O)c1ccc(NC(=O)/C(C#N)=C\c2c(Oc3ccccc3F)nc3c(C)cccn3c2=O)cc1. The number of aromatic nitrogens is 2. The van der Waals surface area contributed by atoms with E-state index in [0.717, 1.165) is 6.08 Å². The molecule has 0 unspecified atom stereocenters. The van der Waals surface area contributed by atoms with E-state index >= 15 is 0 Å². The van der Waals surface area contributed by atoms with Crippen LogP contribution < -0.4 is 15.6 Å². The van der Waals surface area contributed by atoms with Gasteiger partial charge in [-0.15, -0.1) is 0 Å². The molecule has 1 amide bonds. The average molecular weight is 512 g/mol. The van der Waals surface area contributed by atoms with Gasteiger partial charge in [-0.05, 0) is 68.0 Å². The molecule has 0 saturated heterocycles. The first-order valence-electron chi connectivity index (χ1n) is 11.5. The zero-order chi connectivity index (χ0) is 27.2. The third-order valence-corrected chi connectivity index (χ3v) is 5.40. The minimum Gasteiger partial charge on any atom is -0.462 e. The molecule has 2 heterocycles. The first-order valence-corrected chi connectivity index (χ1v) is 11.5.